The number of hydrogen-bond donors (Lipinski definition) is 3. The van der Waals surface area contributed by atoms with Crippen molar-refractivity contribution in [1.29, 1.82) is 5.26 Å². The average molecular weight is 554 g/mol. The number of carboxylic acid groups (broad SMARTS) is 1. The number of carbonyl (C=O) groups excluding carboxylic acids is 3. The number of nitrogens with zero attached hydrogens (tertiary/aromatic N) is 1. The van der Waals surface area contributed by atoms with Crippen LogP contribution in [-0.2, 0) is 14.3 Å². The van der Waals surface area contributed by atoms with E-state index in [9.17, 15) is 19.2 Å². The van der Waals surface area contributed by atoms with Crippen molar-refractivity contribution in [3.05, 3.63) is 89.0 Å². The minimum atomic E-state index is -1.23. The molecule has 0 spiro atoms. The Morgan fingerprint density at radius 2 is 1.56 bits per heavy atom. The molecule has 2 amide bonds. The van der Waals surface area contributed by atoms with Gasteiger partial charge in [-0.3, -0.25) is 14.9 Å². The van der Waals surface area contributed by atoms with E-state index in [1.807, 2.05) is 12.1 Å². The third-order valence-corrected chi connectivity index (χ3v) is 5.13. The first-order chi connectivity index (χ1) is 19.4. The Labute approximate surface area is 236 Å². The summed E-state index contributed by atoms with van der Waals surface area (Å²) < 4.78 is 10.7. The topological polar surface area (TPSA) is 155 Å². The van der Waals surface area contributed by atoms with Gasteiger partial charge in [-0.05, 0) is 51.1 Å². The zero-order valence-corrected chi connectivity index (χ0v) is 22.6. The van der Waals surface area contributed by atoms with Gasteiger partial charge in [0.25, 0.3) is 0 Å². The van der Waals surface area contributed by atoms with Crippen LogP contribution in [0.3, 0.4) is 0 Å². The lowest BCUT2D eigenvalue weighted by molar-refractivity contribution is -0.139. The Kier molecular flexibility index (Phi) is 9.82. The molecule has 0 atom stereocenters. The molecule has 41 heavy (non-hydrogen) atoms. The minimum Gasteiger partial charge on any atom is -0.481 e. The smallest absolute Gasteiger partial charge is 0.412 e. The van der Waals surface area contributed by atoms with E-state index in [-0.39, 0.29) is 33.8 Å². The number of ketones is 1. The largest absolute Gasteiger partial charge is 0.481 e. The standard InChI is InChI=1S/C31H27N3O7/c1-31(2,3)41-30(39)34-25-16-27(40-19-29(37)38)23(13-12-20-8-5-4-6-9-20)15-24(25)33-28(36)17-26(35)22-11-7-10-21(14-22)18-32/h4-11,14-16H,17,19H2,1-3H3,(H,33,36)(H,34,39)(H,37,38). The highest BCUT2D eigenvalue weighted by molar-refractivity contribution is 6.12. The van der Waals surface area contributed by atoms with Gasteiger partial charge in [-0.15, -0.1) is 0 Å². The molecule has 0 aliphatic heterocycles. The molecule has 0 fully saturated rings. The lowest BCUT2D eigenvalue weighted by Crippen LogP contribution is -2.28. The number of anilines is 2. The summed E-state index contributed by atoms with van der Waals surface area (Å²) in [5, 5.41) is 23.4. The Balaban J connectivity index is 1.99. The van der Waals surface area contributed by atoms with E-state index in [4.69, 9.17) is 19.8 Å². The van der Waals surface area contributed by atoms with Gasteiger partial charge in [0.05, 0.1) is 35.0 Å². The number of hydrogen-bond acceptors (Lipinski definition) is 7. The van der Waals surface area contributed by atoms with Crippen LogP contribution in [0.4, 0.5) is 16.2 Å². The quantitative estimate of drug-likeness (QED) is 0.200. The van der Waals surface area contributed by atoms with Crippen molar-refractivity contribution >= 4 is 35.1 Å². The summed E-state index contributed by atoms with van der Waals surface area (Å²) in [6.07, 6.45) is -1.40. The van der Waals surface area contributed by atoms with E-state index >= 15 is 0 Å². The first-order valence-electron chi connectivity index (χ1n) is 12.4. The fraction of sp³-hybridized carbons (Fsp3) is 0.194. The molecular formula is C31H27N3O7. The van der Waals surface area contributed by atoms with Crippen molar-refractivity contribution in [3.8, 4) is 23.7 Å². The fourth-order valence-electron chi connectivity index (χ4n) is 3.42. The van der Waals surface area contributed by atoms with Crippen molar-refractivity contribution in [2.45, 2.75) is 32.8 Å². The summed E-state index contributed by atoms with van der Waals surface area (Å²) in [5.41, 5.74) is 0.617. The maximum atomic E-state index is 12.9. The molecule has 0 aromatic heterocycles. The van der Waals surface area contributed by atoms with Crippen LogP contribution < -0.4 is 15.4 Å². The van der Waals surface area contributed by atoms with Gasteiger partial charge in [-0.2, -0.15) is 5.26 Å². The summed E-state index contributed by atoms with van der Waals surface area (Å²) in [7, 11) is 0. The van der Waals surface area contributed by atoms with E-state index in [2.05, 4.69) is 22.5 Å². The van der Waals surface area contributed by atoms with Gasteiger partial charge in [0.2, 0.25) is 5.91 Å². The minimum absolute atomic E-state index is 0.0252. The van der Waals surface area contributed by atoms with E-state index < -0.39 is 42.4 Å². The molecule has 10 heteroatoms. The van der Waals surface area contributed by atoms with Crippen LogP contribution in [0.25, 0.3) is 0 Å². The third-order valence-electron chi connectivity index (χ3n) is 5.13. The first kappa shape index (κ1) is 29.9. The van der Waals surface area contributed by atoms with Gasteiger partial charge in [0.15, 0.2) is 12.4 Å². The molecule has 0 aliphatic rings. The molecule has 0 saturated heterocycles. The van der Waals surface area contributed by atoms with Crippen LogP contribution in [-0.4, -0.2) is 41.1 Å². The highest BCUT2D eigenvalue weighted by Crippen LogP contribution is 2.32. The Hall–Kier alpha value is -5.61. The molecule has 10 nitrogen and oxygen atoms in total. The molecule has 0 heterocycles. The Morgan fingerprint density at radius 3 is 2.22 bits per heavy atom. The number of nitriles is 1. The van der Waals surface area contributed by atoms with Gasteiger partial charge in [-0.25, -0.2) is 9.59 Å². The van der Waals surface area contributed by atoms with Crippen molar-refractivity contribution in [1.82, 2.24) is 0 Å². The van der Waals surface area contributed by atoms with E-state index in [1.54, 1.807) is 51.1 Å². The molecule has 208 valence electrons. The van der Waals surface area contributed by atoms with Gasteiger partial charge < -0.3 is 19.9 Å². The zero-order chi connectivity index (χ0) is 30.0. The number of benzene rings is 3. The number of rotatable bonds is 8. The summed E-state index contributed by atoms with van der Waals surface area (Å²) >= 11 is 0. The van der Waals surface area contributed by atoms with Crippen LogP contribution >= 0.6 is 0 Å². The van der Waals surface area contributed by atoms with Crippen LogP contribution in [0.5, 0.6) is 5.75 Å². The number of carboxylic acids is 1. The number of ether oxygens (including phenoxy) is 2. The Bertz CT molecular complexity index is 1570. The maximum absolute atomic E-state index is 12.9. The molecule has 0 bridgehead atoms. The molecule has 0 radical (unpaired) electrons. The lowest BCUT2D eigenvalue weighted by atomic mass is 10.1. The summed E-state index contributed by atoms with van der Waals surface area (Å²) in [6, 6.07) is 19.6. The van der Waals surface area contributed by atoms with Gasteiger partial charge in [-0.1, -0.05) is 42.2 Å². The van der Waals surface area contributed by atoms with Crippen LogP contribution in [0.2, 0.25) is 0 Å². The molecule has 3 aromatic carbocycles. The second-order valence-corrected chi connectivity index (χ2v) is 9.66. The fourth-order valence-corrected chi connectivity index (χ4v) is 3.42. The second kappa shape index (κ2) is 13.5. The van der Waals surface area contributed by atoms with Crippen molar-refractivity contribution in [2.24, 2.45) is 0 Å². The average Bonchev–Trinajstić information content (AvgIpc) is 2.91. The zero-order valence-electron chi connectivity index (χ0n) is 22.6. The number of Topliss-reactive ketones (excluding diaryl/α,β-unsaturated/α-hetero) is 1. The third kappa shape index (κ3) is 9.57. The SMILES string of the molecule is CC(C)(C)OC(=O)Nc1cc(OCC(=O)O)c(C#Cc2ccccc2)cc1NC(=O)CC(=O)c1cccc(C#N)c1. The summed E-state index contributed by atoms with van der Waals surface area (Å²) in [5.74, 6) is 3.42. The summed E-state index contributed by atoms with van der Waals surface area (Å²) in [6.45, 7) is 4.33. The number of nitrogens with one attached hydrogen (secondary N) is 2. The highest BCUT2D eigenvalue weighted by atomic mass is 16.6. The maximum Gasteiger partial charge on any atom is 0.412 e. The number of carbonyl (C=O) groups is 4. The predicted molar refractivity (Wildman–Crippen MR) is 151 cm³/mol. The molecular weight excluding hydrogens is 526 g/mol. The number of aliphatic carboxylic acids is 1. The number of amides is 2. The van der Waals surface area contributed by atoms with Crippen molar-refractivity contribution < 1.29 is 33.8 Å². The monoisotopic (exact) mass is 553 g/mol. The van der Waals surface area contributed by atoms with Crippen molar-refractivity contribution in [2.75, 3.05) is 17.2 Å². The molecule has 3 aromatic rings. The Morgan fingerprint density at radius 1 is 0.878 bits per heavy atom. The molecule has 0 aliphatic carbocycles. The van der Waals surface area contributed by atoms with Crippen LogP contribution in [0.1, 0.15) is 54.2 Å². The normalized spacial score (nSPS) is 10.3. The molecule has 3 N–H and O–H groups in total. The van der Waals surface area contributed by atoms with Crippen molar-refractivity contribution in [3.63, 3.8) is 0 Å². The summed E-state index contributed by atoms with van der Waals surface area (Å²) in [4.78, 5) is 49.4. The van der Waals surface area contributed by atoms with Crippen LogP contribution in [0, 0.1) is 23.2 Å². The predicted octanol–water partition coefficient (Wildman–Crippen LogP) is 4.98. The van der Waals surface area contributed by atoms with E-state index in [1.165, 1.54) is 30.3 Å². The van der Waals surface area contributed by atoms with Crippen LogP contribution in [0.15, 0.2) is 66.7 Å². The molecule has 0 unspecified atom stereocenters. The first-order valence-corrected chi connectivity index (χ1v) is 12.4. The van der Waals surface area contributed by atoms with Gasteiger partial charge in [0, 0.05) is 17.2 Å². The molecule has 3 rings (SSSR count). The van der Waals surface area contributed by atoms with Gasteiger partial charge in [0.1, 0.15) is 11.4 Å². The van der Waals surface area contributed by atoms with Gasteiger partial charge >= 0.3 is 12.1 Å². The highest BCUT2D eigenvalue weighted by Gasteiger charge is 2.21. The van der Waals surface area contributed by atoms with E-state index in [0.717, 1.165) is 0 Å². The lowest BCUT2D eigenvalue weighted by Gasteiger charge is -2.21. The van der Waals surface area contributed by atoms with E-state index in [0.29, 0.717) is 5.56 Å². The second-order valence-electron chi connectivity index (χ2n) is 9.66. The molecule has 0 saturated carbocycles.